The number of fused-ring (bicyclic) bond motifs is 1. The van der Waals surface area contributed by atoms with Crippen molar-refractivity contribution in [3.05, 3.63) is 161 Å². The van der Waals surface area contributed by atoms with Gasteiger partial charge in [0.1, 0.15) is 23.5 Å². The fraction of sp³-hybridized carbons (Fsp3) is 0.167. The molecule has 1 saturated heterocycles. The Morgan fingerprint density at radius 1 is 0.804 bits per heavy atom. The normalized spacial score (nSPS) is 19.7. The van der Waals surface area contributed by atoms with Crippen LogP contribution in [0, 0.1) is 0 Å². The van der Waals surface area contributed by atoms with E-state index in [0.717, 1.165) is 16.7 Å². The van der Waals surface area contributed by atoms with E-state index in [1.165, 1.54) is 17.2 Å². The van der Waals surface area contributed by atoms with Gasteiger partial charge in [0.25, 0.3) is 0 Å². The number of hydrogen-bond acceptors (Lipinski definition) is 7. The Labute approximate surface area is 269 Å². The van der Waals surface area contributed by atoms with Gasteiger partial charge in [-0.05, 0) is 28.8 Å². The minimum Gasteiger partial charge on any atom is -0.453 e. The molecule has 4 atom stereocenters. The lowest BCUT2D eigenvalue weighted by Crippen LogP contribution is -2.41. The third kappa shape index (κ3) is 5.43. The van der Waals surface area contributed by atoms with Crippen LogP contribution in [-0.2, 0) is 19.8 Å². The summed E-state index contributed by atoms with van der Waals surface area (Å²) in [4.78, 5) is 25.8. The number of halogens is 2. The van der Waals surface area contributed by atoms with Crippen LogP contribution in [0.1, 0.15) is 33.3 Å². The smallest absolute Gasteiger partial charge is 0.338 e. The number of benzene rings is 4. The summed E-state index contributed by atoms with van der Waals surface area (Å²) in [5, 5.41) is 0.127. The van der Waals surface area contributed by atoms with E-state index in [1.54, 1.807) is 30.3 Å². The van der Waals surface area contributed by atoms with Crippen molar-refractivity contribution in [2.45, 2.75) is 30.2 Å². The number of esters is 1. The van der Waals surface area contributed by atoms with Gasteiger partial charge >= 0.3 is 5.97 Å². The van der Waals surface area contributed by atoms with E-state index in [4.69, 9.17) is 25.8 Å². The van der Waals surface area contributed by atoms with Crippen molar-refractivity contribution < 1.29 is 23.4 Å². The highest BCUT2D eigenvalue weighted by molar-refractivity contribution is 6.33. The van der Waals surface area contributed by atoms with Crippen molar-refractivity contribution in [1.82, 2.24) is 19.5 Å². The van der Waals surface area contributed by atoms with Gasteiger partial charge in [-0.2, -0.15) is 0 Å². The van der Waals surface area contributed by atoms with Crippen molar-refractivity contribution in [2.24, 2.45) is 0 Å². The van der Waals surface area contributed by atoms with Gasteiger partial charge in [0.15, 0.2) is 29.3 Å². The van der Waals surface area contributed by atoms with Crippen LogP contribution in [0.5, 0.6) is 0 Å². The maximum atomic E-state index is 16.6. The Balaban J connectivity index is 1.29. The highest BCUT2D eigenvalue weighted by atomic mass is 35.5. The summed E-state index contributed by atoms with van der Waals surface area (Å²) in [6.07, 6.45) is -2.72. The van der Waals surface area contributed by atoms with Gasteiger partial charge in [-0.15, -0.1) is 0 Å². The second kappa shape index (κ2) is 12.8. The Hall–Kier alpha value is -4.96. The summed E-state index contributed by atoms with van der Waals surface area (Å²) in [5.41, 5.74) is 2.37. The molecule has 4 aromatic carbocycles. The lowest BCUT2D eigenvalue weighted by atomic mass is 9.80. The third-order valence-electron chi connectivity index (χ3n) is 8.11. The molecule has 1 fully saturated rings. The highest BCUT2D eigenvalue weighted by Gasteiger charge is 2.51. The topological polar surface area (TPSA) is 88.4 Å². The van der Waals surface area contributed by atoms with Crippen LogP contribution in [0.25, 0.3) is 11.2 Å². The summed E-state index contributed by atoms with van der Waals surface area (Å²) in [7, 11) is 0. The van der Waals surface area contributed by atoms with Crippen molar-refractivity contribution in [3.8, 4) is 0 Å². The molecular formula is C36H28ClFN4O4. The lowest BCUT2D eigenvalue weighted by Gasteiger charge is -2.37. The van der Waals surface area contributed by atoms with Gasteiger partial charge in [0.05, 0.1) is 18.5 Å². The Bertz CT molecular complexity index is 1830. The lowest BCUT2D eigenvalue weighted by molar-refractivity contribution is -0.0957. The third-order valence-corrected chi connectivity index (χ3v) is 8.39. The minimum atomic E-state index is -1.80. The number of carbonyl (C=O) groups is 1. The van der Waals surface area contributed by atoms with Crippen molar-refractivity contribution in [2.75, 3.05) is 6.61 Å². The fourth-order valence-electron chi connectivity index (χ4n) is 5.94. The fourth-order valence-corrected chi connectivity index (χ4v) is 6.12. The van der Waals surface area contributed by atoms with Gasteiger partial charge in [0, 0.05) is 0 Å². The first kappa shape index (κ1) is 29.7. The molecule has 230 valence electrons. The Morgan fingerprint density at radius 3 is 1.91 bits per heavy atom. The maximum Gasteiger partial charge on any atom is 0.338 e. The van der Waals surface area contributed by atoms with Crippen molar-refractivity contribution in [1.29, 1.82) is 0 Å². The van der Waals surface area contributed by atoms with E-state index >= 15 is 4.39 Å². The largest absolute Gasteiger partial charge is 0.453 e. The first-order valence-corrected chi connectivity index (χ1v) is 15.1. The van der Waals surface area contributed by atoms with Crippen LogP contribution in [0.15, 0.2) is 134 Å². The number of nitrogens with zero attached hydrogens (tertiary/aromatic N) is 4. The standard InChI is InChI=1S/C36H28ClFN4O4/c37-32-30-33(40-22-39-32)42(23-41-30)34-29(38)31(46-35(43)24-13-5-1-6-14-24)28(45-34)21-44-36(25-15-7-2-8-16-25,26-17-9-3-10-18-26)27-19-11-4-12-20-27/h1-20,22-23,28-29,31,34H,21H2/t28-,29?,31+,34-/m1/s1. The molecule has 0 bridgehead atoms. The van der Waals surface area contributed by atoms with Gasteiger partial charge < -0.3 is 14.2 Å². The summed E-state index contributed by atoms with van der Waals surface area (Å²) < 4.78 is 37.2. The zero-order valence-electron chi connectivity index (χ0n) is 24.4. The zero-order valence-corrected chi connectivity index (χ0v) is 25.2. The number of imidazole rings is 1. The summed E-state index contributed by atoms with van der Waals surface area (Å²) in [6.45, 7) is -0.134. The van der Waals surface area contributed by atoms with Crippen LogP contribution in [0.4, 0.5) is 4.39 Å². The van der Waals surface area contributed by atoms with Crippen LogP contribution in [-0.4, -0.2) is 50.5 Å². The van der Waals surface area contributed by atoms with Gasteiger partial charge in [-0.3, -0.25) is 4.57 Å². The van der Waals surface area contributed by atoms with Crippen LogP contribution >= 0.6 is 11.6 Å². The molecule has 1 aliphatic heterocycles. The second-order valence-corrected chi connectivity index (χ2v) is 11.2. The Kier molecular flexibility index (Phi) is 8.28. The molecule has 0 amide bonds. The predicted molar refractivity (Wildman–Crippen MR) is 170 cm³/mol. The number of alkyl halides is 1. The number of ether oxygens (including phenoxy) is 3. The monoisotopic (exact) mass is 634 g/mol. The number of rotatable bonds is 9. The maximum absolute atomic E-state index is 16.6. The molecule has 8 nitrogen and oxygen atoms in total. The number of hydrogen-bond donors (Lipinski definition) is 0. The summed E-state index contributed by atoms with van der Waals surface area (Å²) in [6, 6.07) is 37.9. The molecule has 46 heavy (non-hydrogen) atoms. The SMILES string of the molecule is O=C(O[C@@H]1C(F)[C@H](n2cnc3c(Cl)ncnc32)O[C@@H]1COC(c1ccccc1)(c1ccccc1)c1ccccc1)c1ccccc1. The molecule has 10 heteroatoms. The van der Waals surface area contributed by atoms with Crippen LogP contribution in [0.2, 0.25) is 5.15 Å². The molecule has 0 radical (unpaired) electrons. The second-order valence-electron chi connectivity index (χ2n) is 10.8. The molecule has 2 aromatic heterocycles. The first-order chi connectivity index (χ1) is 22.6. The van der Waals surface area contributed by atoms with E-state index < -0.39 is 36.2 Å². The van der Waals surface area contributed by atoms with E-state index in [1.807, 2.05) is 91.0 Å². The Morgan fingerprint density at radius 2 is 1.35 bits per heavy atom. The zero-order chi connectivity index (χ0) is 31.5. The van der Waals surface area contributed by atoms with E-state index in [9.17, 15) is 4.79 Å². The van der Waals surface area contributed by atoms with Crippen LogP contribution in [0.3, 0.4) is 0 Å². The molecular weight excluding hydrogens is 607 g/mol. The minimum absolute atomic E-state index is 0.127. The average Bonchev–Trinajstić information content (AvgIpc) is 3.68. The molecule has 0 aliphatic carbocycles. The molecule has 0 spiro atoms. The molecule has 0 N–H and O–H groups in total. The van der Waals surface area contributed by atoms with Crippen LogP contribution < -0.4 is 0 Å². The first-order valence-electron chi connectivity index (χ1n) is 14.8. The van der Waals surface area contributed by atoms with E-state index in [2.05, 4.69) is 15.0 Å². The molecule has 7 rings (SSSR count). The predicted octanol–water partition coefficient (Wildman–Crippen LogP) is 6.95. The summed E-state index contributed by atoms with van der Waals surface area (Å²) in [5.74, 6) is -0.677. The molecule has 3 heterocycles. The van der Waals surface area contributed by atoms with Gasteiger partial charge in [-0.1, -0.05) is 121 Å². The van der Waals surface area contributed by atoms with E-state index in [0.29, 0.717) is 5.52 Å². The molecule has 0 saturated carbocycles. The number of carbonyl (C=O) groups excluding carboxylic acids is 1. The van der Waals surface area contributed by atoms with Gasteiger partial charge in [-0.25, -0.2) is 24.1 Å². The quantitative estimate of drug-likeness (QED) is 0.0966. The summed E-state index contributed by atoms with van der Waals surface area (Å²) >= 11 is 6.23. The number of aromatic nitrogens is 4. The molecule has 6 aromatic rings. The molecule has 1 aliphatic rings. The van der Waals surface area contributed by atoms with Crippen molar-refractivity contribution >= 4 is 28.7 Å². The molecule has 1 unspecified atom stereocenters. The average molecular weight is 635 g/mol. The van der Waals surface area contributed by atoms with Gasteiger partial charge in [0.2, 0.25) is 0 Å². The van der Waals surface area contributed by atoms with E-state index in [-0.39, 0.29) is 23.0 Å². The highest BCUT2D eigenvalue weighted by Crippen LogP contribution is 2.43. The van der Waals surface area contributed by atoms with Crippen molar-refractivity contribution in [3.63, 3.8) is 0 Å².